The maximum atomic E-state index is 13.0. The molecule has 0 spiro atoms. The molecule has 13 heteroatoms. The molecule has 3 heterocycles. The third kappa shape index (κ3) is 10.3. The van der Waals surface area contributed by atoms with Crippen LogP contribution < -0.4 is 15.7 Å². The van der Waals surface area contributed by atoms with E-state index in [4.69, 9.17) is 23.7 Å². The summed E-state index contributed by atoms with van der Waals surface area (Å²) in [6.07, 6.45) is 3.04. The summed E-state index contributed by atoms with van der Waals surface area (Å²) >= 11 is 0. The molecule has 0 bridgehead atoms. The lowest BCUT2D eigenvalue weighted by Crippen LogP contribution is -2.65. The Kier molecular flexibility index (Phi) is 14.1. The van der Waals surface area contributed by atoms with E-state index in [2.05, 4.69) is 97.1 Å². The minimum Gasteiger partial charge on any atom is -0.467 e. The molecule has 2 atom stereocenters. The van der Waals surface area contributed by atoms with Crippen LogP contribution in [0.3, 0.4) is 0 Å². The van der Waals surface area contributed by atoms with Gasteiger partial charge in [-0.1, -0.05) is 93.5 Å². The Hall–Kier alpha value is -5.63. The number of fused-ring (bicyclic) bond motifs is 1. The number of aromatic nitrogens is 4. The zero-order valence-electron chi connectivity index (χ0n) is 38.6. The molecule has 0 saturated carbocycles. The van der Waals surface area contributed by atoms with Crippen LogP contribution in [-0.4, -0.2) is 70.7 Å². The van der Waals surface area contributed by atoms with E-state index >= 15 is 0 Å². The highest BCUT2D eigenvalue weighted by Gasteiger charge is 2.50. The minimum absolute atomic E-state index is 0.0959. The number of ether oxygens (including phenoxy) is 3. The molecule has 0 aliphatic heterocycles. The van der Waals surface area contributed by atoms with Gasteiger partial charge < -0.3 is 33.4 Å². The zero-order valence-corrected chi connectivity index (χ0v) is 39.6. The molecular formula is C50H63N5O7Si. The number of hydrogen-bond donors (Lipinski definition) is 2. The lowest BCUT2D eigenvalue weighted by atomic mass is 9.78. The second-order valence-electron chi connectivity index (χ2n) is 18.7. The van der Waals surface area contributed by atoms with Crippen LogP contribution in [0.15, 0.2) is 102 Å². The fourth-order valence-electron chi connectivity index (χ4n) is 8.55. The van der Waals surface area contributed by atoms with Gasteiger partial charge in [0.15, 0.2) is 0 Å². The van der Waals surface area contributed by atoms with Crippen LogP contribution in [0.25, 0.3) is 33.5 Å². The summed E-state index contributed by atoms with van der Waals surface area (Å²) in [5.74, 6) is -0.182. The van der Waals surface area contributed by atoms with Gasteiger partial charge in [-0.05, 0) is 111 Å². The first-order chi connectivity index (χ1) is 29.8. The number of alkyl carbamates (subject to hydrolysis) is 1. The number of nitrogens with one attached hydrogen (secondary N) is 1. The van der Waals surface area contributed by atoms with E-state index in [0.717, 1.165) is 62.2 Å². The molecule has 0 aliphatic carbocycles. The number of carbonyl (C=O) groups excluding carboxylic acids is 2. The number of benzene rings is 3. The molecule has 6 aromatic rings. The molecule has 0 fully saturated rings. The summed E-state index contributed by atoms with van der Waals surface area (Å²) < 4.78 is 24.2. The van der Waals surface area contributed by atoms with Gasteiger partial charge in [-0.2, -0.15) is 4.98 Å². The SMILES string of the molecule is CCn1c(-c2cccnc2[C@H](C)OC)c(CC(C)(C)CCC(C)(C)[Si](O)(c2ccccc2)c2ccccc2)c2cc(-c3noc(C[C@H](NC(=O)OC(C)(C)C)C(=O)OC)n3)ccc21. The first-order valence-electron chi connectivity index (χ1n) is 21.7. The maximum Gasteiger partial charge on any atom is 0.408 e. The average molecular weight is 874 g/mol. The third-order valence-corrected chi connectivity index (χ3v) is 16.6. The number of methoxy groups -OCH3 is 2. The Balaban J connectivity index is 1.40. The van der Waals surface area contributed by atoms with E-state index in [1.165, 1.54) is 7.11 Å². The smallest absolute Gasteiger partial charge is 0.408 e. The fraction of sp³-hybridized carbons (Fsp3) is 0.420. The molecule has 3 aromatic carbocycles. The van der Waals surface area contributed by atoms with Crippen LogP contribution in [0, 0.1) is 5.41 Å². The number of amides is 1. The van der Waals surface area contributed by atoms with Gasteiger partial charge in [-0.15, -0.1) is 0 Å². The highest BCUT2D eigenvalue weighted by Crippen LogP contribution is 2.46. The lowest BCUT2D eigenvalue weighted by Gasteiger charge is -2.43. The van der Waals surface area contributed by atoms with Gasteiger partial charge in [-0.3, -0.25) is 4.98 Å². The highest BCUT2D eigenvalue weighted by atomic mass is 28.4. The maximum absolute atomic E-state index is 13.0. The Morgan fingerprint density at radius 2 is 1.54 bits per heavy atom. The molecule has 0 saturated heterocycles. The van der Waals surface area contributed by atoms with Crippen molar-refractivity contribution in [3.05, 3.63) is 114 Å². The molecule has 0 unspecified atom stereocenters. The number of aryl methyl sites for hydroxylation is 1. The largest absolute Gasteiger partial charge is 0.467 e. The van der Waals surface area contributed by atoms with Crippen molar-refractivity contribution >= 4 is 41.7 Å². The van der Waals surface area contributed by atoms with Gasteiger partial charge in [0, 0.05) is 41.9 Å². The van der Waals surface area contributed by atoms with Gasteiger partial charge in [0.2, 0.25) is 11.7 Å². The standard InChI is InChI=1S/C50H63N5O7Si/c1-12-55-41-26-25-34(45-53-42(62-54-45)31-40(46(56)60-11)52-47(57)61-48(3,4)5)30-38(41)39(44(55)37-24-19-29-51-43(37)33(2)59-10)32-49(6,7)27-28-50(8,9)63(58,35-20-15-13-16-21-35)36-22-17-14-18-23-36/h13-26,29-30,33,40,58H,12,27-28,31-32H2,1-11H3,(H,52,57)/t33-,40-/m0/s1. The van der Waals surface area contributed by atoms with Crippen molar-refractivity contribution < 1.29 is 33.1 Å². The van der Waals surface area contributed by atoms with Crippen LogP contribution in [0.4, 0.5) is 4.79 Å². The molecule has 6 rings (SSSR count). The molecule has 334 valence electrons. The van der Waals surface area contributed by atoms with E-state index in [1.807, 2.05) is 61.7 Å². The van der Waals surface area contributed by atoms with Crippen LogP contribution in [0.5, 0.6) is 0 Å². The number of nitrogens with zero attached hydrogens (tertiary/aromatic N) is 4. The Labute approximate surface area is 372 Å². The molecular weight excluding hydrogens is 811 g/mol. The third-order valence-electron chi connectivity index (χ3n) is 12.0. The number of esters is 1. The van der Waals surface area contributed by atoms with Gasteiger partial charge in [0.1, 0.15) is 11.6 Å². The number of pyridine rings is 1. The van der Waals surface area contributed by atoms with Crippen molar-refractivity contribution in [1.29, 1.82) is 0 Å². The molecule has 2 N–H and O–H groups in total. The van der Waals surface area contributed by atoms with Crippen LogP contribution in [-0.2, 0) is 38.4 Å². The van der Waals surface area contributed by atoms with Gasteiger partial charge in [0.25, 0.3) is 8.32 Å². The Morgan fingerprint density at radius 1 is 0.889 bits per heavy atom. The molecule has 12 nitrogen and oxygen atoms in total. The first-order valence-corrected chi connectivity index (χ1v) is 23.6. The summed E-state index contributed by atoms with van der Waals surface area (Å²) in [5.41, 5.74) is 4.87. The summed E-state index contributed by atoms with van der Waals surface area (Å²) in [5, 5.41) is 9.52. The molecule has 0 aliphatic rings. The second-order valence-corrected chi connectivity index (χ2v) is 22.7. The molecule has 1 amide bonds. The van der Waals surface area contributed by atoms with E-state index < -0.39 is 37.1 Å². The van der Waals surface area contributed by atoms with Crippen LogP contribution in [0.2, 0.25) is 5.04 Å². The molecule has 3 aromatic heterocycles. The van der Waals surface area contributed by atoms with E-state index in [9.17, 15) is 14.4 Å². The van der Waals surface area contributed by atoms with E-state index in [1.54, 1.807) is 27.9 Å². The van der Waals surface area contributed by atoms with Crippen molar-refractivity contribution in [3.8, 4) is 22.6 Å². The number of carbonyl (C=O) groups is 2. The fourth-order valence-corrected chi connectivity index (χ4v) is 12.3. The number of hydrogen-bond acceptors (Lipinski definition) is 10. The quantitative estimate of drug-likeness (QED) is 0.0672. The monoisotopic (exact) mass is 873 g/mol. The van der Waals surface area contributed by atoms with E-state index in [-0.39, 0.29) is 23.8 Å². The van der Waals surface area contributed by atoms with Crippen molar-refractivity contribution in [2.75, 3.05) is 14.2 Å². The first kappa shape index (κ1) is 46.9. The normalized spacial score (nSPS) is 13.5. The number of rotatable bonds is 17. The Bertz CT molecular complexity index is 2470. The summed E-state index contributed by atoms with van der Waals surface area (Å²) in [4.78, 5) is 47.9. The van der Waals surface area contributed by atoms with Gasteiger partial charge >= 0.3 is 12.1 Å². The van der Waals surface area contributed by atoms with Crippen molar-refractivity contribution in [2.24, 2.45) is 5.41 Å². The van der Waals surface area contributed by atoms with E-state index in [0.29, 0.717) is 18.8 Å². The summed E-state index contributed by atoms with van der Waals surface area (Å²) in [7, 11) is -0.287. The predicted molar refractivity (Wildman–Crippen MR) is 249 cm³/mol. The Morgan fingerprint density at radius 3 is 2.13 bits per heavy atom. The second kappa shape index (κ2) is 19.0. The molecule has 0 radical (unpaired) electrons. The van der Waals surface area contributed by atoms with Crippen LogP contribution >= 0.6 is 0 Å². The molecule has 63 heavy (non-hydrogen) atoms. The van der Waals surface area contributed by atoms with Gasteiger partial charge in [-0.25, -0.2) is 9.59 Å². The van der Waals surface area contributed by atoms with Crippen molar-refractivity contribution in [1.82, 2.24) is 25.0 Å². The highest BCUT2D eigenvalue weighted by molar-refractivity contribution is 6.98. The minimum atomic E-state index is -3.24. The van der Waals surface area contributed by atoms with Gasteiger partial charge in [0.05, 0.1) is 31.0 Å². The summed E-state index contributed by atoms with van der Waals surface area (Å²) in [6, 6.07) is 29.5. The average Bonchev–Trinajstić information content (AvgIpc) is 3.86. The van der Waals surface area contributed by atoms with Crippen molar-refractivity contribution in [3.63, 3.8) is 0 Å². The van der Waals surface area contributed by atoms with Crippen LogP contribution in [0.1, 0.15) is 98.4 Å². The topological polar surface area (TPSA) is 151 Å². The lowest BCUT2D eigenvalue weighted by molar-refractivity contribution is -0.143. The zero-order chi connectivity index (χ0) is 45.7. The van der Waals surface area contributed by atoms with Crippen molar-refractivity contribution in [2.45, 2.75) is 117 Å². The predicted octanol–water partition coefficient (Wildman–Crippen LogP) is 8.97. The summed E-state index contributed by atoms with van der Waals surface area (Å²) in [6.45, 7) is 19.2.